The molecule has 2 heterocycles. The Kier molecular flexibility index (Phi) is 5.46. The molecule has 0 spiro atoms. The fourth-order valence-corrected chi connectivity index (χ4v) is 3.63. The van der Waals surface area contributed by atoms with Crippen LogP contribution in [0.1, 0.15) is 17.5 Å². The zero-order chi connectivity index (χ0) is 19.3. The summed E-state index contributed by atoms with van der Waals surface area (Å²) in [5, 5.41) is 3.05. The second-order valence-electron chi connectivity index (χ2n) is 7.38. The highest BCUT2D eigenvalue weighted by Gasteiger charge is 2.22. The van der Waals surface area contributed by atoms with Crippen molar-refractivity contribution in [2.75, 3.05) is 37.6 Å². The standard InChI is InChI=1S/C22H27N5O/c1-17-9-10-19-20(16-17)25-21(24-19)26-12-14-27(15-13-26)22(28)23-11-5-8-18-6-3-2-4-7-18/h2-4,6-7,9-10,16H,5,8,11-15H2,1H3,(H,23,28)(H,24,25). The predicted molar refractivity (Wildman–Crippen MR) is 113 cm³/mol. The molecule has 6 nitrogen and oxygen atoms in total. The van der Waals surface area contributed by atoms with Crippen LogP contribution < -0.4 is 10.2 Å². The molecule has 1 fully saturated rings. The van der Waals surface area contributed by atoms with E-state index in [-0.39, 0.29) is 6.03 Å². The molecule has 2 N–H and O–H groups in total. The lowest BCUT2D eigenvalue weighted by atomic mass is 10.1. The van der Waals surface area contributed by atoms with Gasteiger partial charge in [-0.3, -0.25) is 0 Å². The maximum Gasteiger partial charge on any atom is 0.317 e. The second kappa shape index (κ2) is 8.33. The SMILES string of the molecule is Cc1ccc2nc(N3CCN(C(=O)NCCCc4ccccc4)CC3)[nH]c2c1. The highest BCUT2D eigenvalue weighted by atomic mass is 16.2. The lowest BCUT2D eigenvalue weighted by molar-refractivity contribution is 0.194. The first kappa shape index (κ1) is 18.3. The van der Waals surface area contributed by atoms with Gasteiger partial charge in [0.1, 0.15) is 0 Å². The molecule has 1 saturated heterocycles. The first-order valence-electron chi connectivity index (χ1n) is 9.97. The van der Waals surface area contributed by atoms with Crippen LogP contribution in [0.5, 0.6) is 0 Å². The molecular weight excluding hydrogens is 350 g/mol. The molecule has 0 aliphatic carbocycles. The largest absolute Gasteiger partial charge is 0.339 e. The number of imidazole rings is 1. The molecule has 0 atom stereocenters. The Morgan fingerprint density at radius 3 is 2.68 bits per heavy atom. The van der Waals surface area contributed by atoms with Gasteiger partial charge in [0.2, 0.25) is 5.95 Å². The smallest absolute Gasteiger partial charge is 0.317 e. The van der Waals surface area contributed by atoms with Crippen molar-refractivity contribution >= 4 is 23.0 Å². The number of benzene rings is 2. The minimum atomic E-state index is 0.0351. The number of urea groups is 1. The van der Waals surface area contributed by atoms with Crippen LogP contribution in [0.2, 0.25) is 0 Å². The van der Waals surface area contributed by atoms with Gasteiger partial charge in [0.05, 0.1) is 11.0 Å². The normalized spacial score (nSPS) is 14.5. The van der Waals surface area contributed by atoms with E-state index in [2.05, 4.69) is 63.5 Å². The highest BCUT2D eigenvalue weighted by Crippen LogP contribution is 2.19. The third-order valence-corrected chi connectivity index (χ3v) is 5.25. The van der Waals surface area contributed by atoms with Gasteiger partial charge in [0, 0.05) is 32.7 Å². The van der Waals surface area contributed by atoms with Gasteiger partial charge < -0.3 is 20.1 Å². The number of fused-ring (bicyclic) bond motifs is 1. The van der Waals surface area contributed by atoms with Crippen LogP contribution in [0.4, 0.5) is 10.7 Å². The number of hydrogen-bond acceptors (Lipinski definition) is 3. The van der Waals surface area contributed by atoms with Crippen LogP contribution in [0, 0.1) is 6.92 Å². The summed E-state index contributed by atoms with van der Waals surface area (Å²) in [6.45, 7) is 5.78. The lowest BCUT2D eigenvalue weighted by Crippen LogP contribution is -2.52. The van der Waals surface area contributed by atoms with E-state index in [9.17, 15) is 4.79 Å². The van der Waals surface area contributed by atoms with E-state index >= 15 is 0 Å². The summed E-state index contributed by atoms with van der Waals surface area (Å²) >= 11 is 0. The number of hydrogen-bond donors (Lipinski definition) is 2. The number of aryl methyl sites for hydroxylation is 2. The average molecular weight is 377 g/mol. The molecule has 1 aromatic heterocycles. The fourth-order valence-electron chi connectivity index (χ4n) is 3.63. The van der Waals surface area contributed by atoms with Crippen molar-refractivity contribution in [1.29, 1.82) is 0 Å². The predicted octanol–water partition coefficient (Wildman–Crippen LogP) is 3.34. The van der Waals surface area contributed by atoms with Gasteiger partial charge in [-0.05, 0) is 43.0 Å². The molecule has 6 heteroatoms. The first-order valence-corrected chi connectivity index (χ1v) is 9.97. The van der Waals surface area contributed by atoms with Crippen molar-refractivity contribution in [3.05, 3.63) is 59.7 Å². The van der Waals surface area contributed by atoms with Crippen molar-refractivity contribution < 1.29 is 4.79 Å². The van der Waals surface area contributed by atoms with Gasteiger partial charge in [-0.2, -0.15) is 0 Å². The Morgan fingerprint density at radius 2 is 1.89 bits per heavy atom. The number of aromatic nitrogens is 2. The van der Waals surface area contributed by atoms with Gasteiger partial charge in [-0.25, -0.2) is 9.78 Å². The van der Waals surface area contributed by atoms with Crippen LogP contribution in [-0.4, -0.2) is 53.6 Å². The van der Waals surface area contributed by atoms with Crippen molar-refractivity contribution in [2.24, 2.45) is 0 Å². The Morgan fingerprint density at radius 1 is 1.11 bits per heavy atom. The monoisotopic (exact) mass is 377 g/mol. The number of aromatic amines is 1. The molecule has 1 aliphatic heterocycles. The molecule has 146 valence electrons. The Hall–Kier alpha value is -3.02. The van der Waals surface area contributed by atoms with E-state index in [0.29, 0.717) is 19.6 Å². The van der Waals surface area contributed by atoms with Crippen LogP contribution in [0.25, 0.3) is 11.0 Å². The maximum atomic E-state index is 12.4. The quantitative estimate of drug-likeness (QED) is 0.671. The molecular formula is C22H27N5O. The molecule has 28 heavy (non-hydrogen) atoms. The number of rotatable bonds is 5. The molecule has 0 bridgehead atoms. The molecule has 0 radical (unpaired) electrons. The molecule has 4 rings (SSSR count). The summed E-state index contributed by atoms with van der Waals surface area (Å²) in [6.07, 6.45) is 1.94. The number of carbonyl (C=O) groups is 1. The van der Waals surface area contributed by atoms with Crippen LogP contribution in [-0.2, 0) is 6.42 Å². The molecule has 0 unspecified atom stereocenters. The lowest BCUT2D eigenvalue weighted by Gasteiger charge is -2.34. The first-order chi connectivity index (χ1) is 13.7. The van der Waals surface area contributed by atoms with Gasteiger partial charge in [0.15, 0.2) is 0 Å². The Balaban J connectivity index is 1.23. The van der Waals surface area contributed by atoms with Crippen LogP contribution >= 0.6 is 0 Å². The zero-order valence-electron chi connectivity index (χ0n) is 16.3. The van der Waals surface area contributed by atoms with Crippen molar-refractivity contribution in [3.8, 4) is 0 Å². The van der Waals surface area contributed by atoms with Crippen LogP contribution in [0.15, 0.2) is 48.5 Å². The number of nitrogens with zero attached hydrogens (tertiary/aromatic N) is 3. The number of amides is 2. The summed E-state index contributed by atoms with van der Waals surface area (Å²) in [6, 6.07) is 16.7. The highest BCUT2D eigenvalue weighted by molar-refractivity contribution is 5.78. The molecule has 2 aromatic carbocycles. The third-order valence-electron chi connectivity index (χ3n) is 5.25. The maximum absolute atomic E-state index is 12.4. The summed E-state index contributed by atoms with van der Waals surface area (Å²) in [5.74, 6) is 0.892. The van der Waals surface area contributed by atoms with Crippen molar-refractivity contribution in [2.45, 2.75) is 19.8 Å². The summed E-state index contributed by atoms with van der Waals surface area (Å²) in [4.78, 5) is 24.6. The van der Waals surface area contributed by atoms with Gasteiger partial charge in [-0.1, -0.05) is 36.4 Å². The van der Waals surface area contributed by atoms with Crippen molar-refractivity contribution in [3.63, 3.8) is 0 Å². The van der Waals surface area contributed by atoms with Gasteiger partial charge in [0.25, 0.3) is 0 Å². The summed E-state index contributed by atoms with van der Waals surface area (Å²) < 4.78 is 0. The topological polar surface area (TPSA) is 64.3 Å². The molecule has 3 aromatic rings. The number of anilines is 1. The molecule has 1 aliphatic rings. The molecule has 2 amide bonds. The number of carbonyl (C=O) groups excluding carboxylic acids is 1. The summed E-state index contributed by atoms with van der Waals surface area (Å²) in [5.41, 5.74) is 4.58. The Bertz CT molecular complexity index is 929. The fraction of sp³-hybridized carbons (Fsp3) is 0.364. The summed E-state index contributed by atoms with van der Waals surface area (Å²) in [7, 11) is 0. The van der Waals surface area contributed by atoms with Crippen molar-refractivity contribution in [1.82, 2.24) is 20.2 Å². The number of nitrogens with one attached hydrogen (secondary N) is 2. The van der Waals surface area contributed by atoms with E-state index in [0.717, 1.165) is 42.9 Å². The van der Waals surface area contributed by atoms with Gasteiger partial charge in [-0.15, -0.1) is 0 Å². The average Bonchev–Trinajstić information content (AvgIpc) is 3.15. The van der Waals surface area contributed by atoms with E-state index in [1.165, 1.54) is 11.1 Å². The number of piperazine rings is 1. The molecule has 0 saturated carbocycles. The number of H-pyrrole nitrogens is 1. The zero-order valence-corrected chi connectivity index (χ0v) is 16.3. The minimum absolute atomic E-state index is 0.0351. The Labute approximate surface area is 165 Å². The van der Waals surface area contributed by atoms with E-state index in [4.69, 9.17) is 0 Å². The van der Waals surface area contributed by atoms with Gasteiger partial charge >= 0.3 is 6.03 Å². The van der Waals surface area contributed by atoms with E-state index < -0.39 is 0 Å². The van der Waals surface area contributed by atoms with E-state index in [1.807, 2.05) is 17.0 Å². The minimum Gasteiger partial charge on any atom is -0.339 e. The van der Waals surface area contributed by atoms with E-state index in [1.54, 1.807) is 0 Å². The third kappa shape index (κ3) is 4.27. The van der Waals surface area contributed by atoms with Crippen LogP contribution in [0.3, 0.4) is 0 Å². The second-order valence-corrected chi connectivity index (χ2v) is 7.38.